The number of hydrogen-bond acceptors (Lipinski definition) is 8. The fraction of sp³-hybridized carbons (Fsp3) is 0.679. The number of Topliss-reactive ketones (excluding diaryl/α,β-unsaturated/α-hetero) is 1. The molecule has 0 aliphatic carbocycles. The van der Waals surface area contributed by atoms with Crippen molar-refractivity contribution in [3.63, 3.8) is 0 Å². The molecule has 0 radical (unpaired) electrons. The summed E-state index contributed by atoms with van der Waals surface area (Å²) in [5.74, 6) is -1.56. The molecule has 7 atom stereocenters. The summed E-state index contributed by atoms with van der Waals surface area (Å²) < 4.78 is 13.1. The number of fused-ring (bicyclic) bond motifs is 2. The molecule has 7 nitrogen and oxygen atoms in total. The second-order valence-electron chi connectivity index (χ2n) is 11.5. The zero-order valence-corrected chi connectivity index (χ0v) is 22.9. The number of carbonyl (C=O) groups is 2. The third kappa shape index (κ3) is 5.52. The normalized spacial score (nSPS) is 36.3. The van der Waals surface area contributed by atoms with E-state index in [0.29, 0.717) is 6.42 Å². The highest BCUT2D eigenvalue weighted by Gasteiger charge is 2.53. The molecule has 2 aliphatic rings. The van der Waals surface area contributed by atoms with Gasteiger partial charge in [-0.15, -0.1) is 11.3 Å². The molecule has 2 saturated heterocycles. The Balaban J connectivity index is 1.61. The van der Waals surface area contributed by atoms with Gasteiger partial charge in [-0.25, -0.2) is 4.98 Å². The molecule has 198 valence electrons. The van der Waals surface area contributed by atoms with Gasteiger partial charge < -0.3 is 19.7 Å². The first-order valence-electron chi connectivity index (χ1n) is 13.0. The smallest absolute Gasteiger partial charge is 0.309 e. The number of aliphatic hydroxyl groups excluding tert-OH is 2. The number of carbonyl (C=O) groups excluding carboxylic acids is 2. The zero-order chi connectivity index (χ0) is 26.4. The predicted octanol–water partition coefficient (Wildman–Crippen LogP) is 4.90. The van der Waals surface area contributed by atoms with Crippen LogP contribution >= 0.6 is 11.3 Å². The third-order valence-electron chi connectivity index (χ3n) is 8.30. The lowest BCUT2D eigenvalue weighted by Crippen LogP contribution is -2.45. The first-order chi connectivity index (χ1) is 16.8. The van der Waals surface area contributed by atoms with Gasteiger partial charge in [0.05, 0.1) is 51.0 Å². The van der Waals surface area contributed by atoms with Gasteiger partial charge in [-0.3, -0.25) is 9.59 Å². The molecule has 2 aromatic rings. The zero-order valence-electron chi connectivity index (χ0n) is 22.1. The number of aromatic nitrogens is 1. The Kier molecular flexibility index (Phi) is 7.64. The highest BCUT2D eigenvalue weighted by molar-refractivity contribution is 7.18. The van der Waals surface area contributed by atoms with Crippen molar-refractivity contribution in [3.8, 4) is 0 Å². The van der Waals surface area contributed by atoms with Crippen molar-refractivity contribution in [3.05, 3.63) is 28.8 Å². The minimum Gasteiger partial charge on any atom is -0.457 e. The summed E-state index contributed by atoms with van der Waals surface area (Å²) in [6.07, 6.45) is -0.0142. The van der Waals surface area contributed by atoms with Crippen LogP contribution in [-0.4, -0.2) is 50.9 Å². The van der Waals surface area contributed by atoms with Crippen LogP contribution < -0.4 is 0 Å². The van der Waals surface area contributed by atoms with Crippen LogP contribution in [0, 0.1) is 24.2 Å². The monoisotopic (exact) mass is 517 g/mol. The molecule has 1 aromatic heterocycles. The second-order valence-corrected chi connectivity index (χ2v) is 12.8. The maximum atomic E-state index is 13.3. The largest absolute Gasteiger partial charge is 0.457 e. The molecule has 3 unspecified atom stereocenters. The van der Waals surface area contributed by atoms with Gasteiger partial charge in [0.15, 0.2) is 0 Å². The van der Waals surface area contributed by atoms with Crippen LogP contribution in [0.4, 0.5) is 0 Å². The van der Waals surface area contributed by atoms with Crippen LogP contribution in [0.2, 0.25) is 0 Å². The van der Waals surface area contributed by atoms with Crippen LogP contribution in [0.1, 0.15) is 83.4 Å². The Labute approximate surface area is 217 Å². The predicted molar refractivity (Wildman–Crippen MR) is 139 cm³/mol. The third-order valence-corrected chi connectivity index (χ3v) is 9.25. The second kappa shape index (κ2) is 10.1. The van der Waals surface area contributed by atoms with E-state index in [1.807, 2.05) is 32.0 Å². The number of ether oxygens (including phenoxy) is 2. The van der Waals surface area contributed by atoms with Gasteiger partial charge in [-0.05, 0) is 50.3 Å². The summed E-state index contributed by atoms with van der Waals surface area (Å²) in [4.78, 5) is 30.9. The SMILES string of the molecule is Cc1nc2cc([C@@H]3C[C@@H]4O[C@]4(C)CCCC(C)[C@H](O)C(C)C(=O)C(C)(C)C(O)CC(=O)O3)ccc2s1. The summed E-state index contributed by atoms with van der Waals surface area (Å²) in [6.45, 7) is 11.0. The molecule has 1 aromatic carbocycles. The van der Waals surface area contributed by atoms with Gasteiger partial charge in [-0.2, -0.15) is 0 Å². The van der Waals surface area contributed by atoms with Crippen molar-refractivity contribution in [2.24, 2.45) is 17.3 Å². The average molecular weight is 518 g/mol. The summed E-state index contributed by atoms with van der Waals surface area (Å²) in [7, 11) is 0. The van der Waals surface area contributed by atoms with E-state index in [-0.39, 0.29) is 29.8 Å². The fourth-order valence-corrected chi connectivity index (χ4v) is 6.29. The lowest BCUT2D eigenvalue weighted by atomic mass is 9.73. The van der Waals surface area contributed by atoms with E-state index in [1.54, 1.807) is 32.1 Å². The Bertz CT molecular complexity index is 1130. The van der Waals surface area contributed by atoms with Crippen molar-refractivity contribution >= 4 is 33.3 Å². The lowest BCUT2D eigenvalue weighted by Gasteiger charge is -2.34. The molecule has 4 rings (SSSR count). The molecular weight excluding hydrogens is 478 g/mol. The van der Waals surface area contributed by atoms with Gasteiger partial charge in [0.2, 0.25) is 0 Å². The van der Waals surface area contributed by atoms with Crippen LogP contribution in [0.5, 0.6) is 0 Å². The van der Waals surface area contributed by atoms with Crippen LogP contribution in [0.3, 0.4) is 0 Å². The maximum Gasteiger partial charge on any atom is 0.309 e. The number of benzene rings is 1. The van der Waals surface area contributed by atoms with Gasteiger partial charge in [0, 0.05) is 12.3 Å². The molecule has 2 N–H and O–H groups in total. The molecule has 0 bridgehead atoms. The van der Waals surface area contributed by atoms with Gasteiger partial charge in [0.1, 0.15) is 11.9 Å². The van der Waals surface area contributed by atoms with E-state index in [1.165, 1.54) is 0 Å². The Morgan fingerprint density at radius 1 is 1.14 bits per heavy atom. The number of aryl methyl sites for hydroxylation is 1. The highest BCUT2D eigenvalue weighted by atomic mass is 32.1. The number of esters is 1. The quantitative estimate of drug-likeness (QED) is 0.409. The molecule has 3 heterocycles. The molecule has 2 aliphatic heterocycles. The Morgan fingerprint density at radius 2 is 1.86 bits per heavy atom. The van der Waals surface area contributed by atoms with Gasteiger partial charge in [-0.1, -0.05) is 40.2 Å². The number of cyclic esters (lactones) is 1. The summed E-state index contributed by atoms with van der Waals surface area (Å²) in [6, 6.07) is 5.92. The van der Waals surface area contributed by atoms with Crippen molar-refractivity contribution in [2.75, 3.05) is 0 Å². The molecule has 0 spiro atoms. The summed E-state index contributed by atoms with van der Waals surface area (Å²) in [5.41, 5.74) is 0.193. The number of hydrogen-bond donors (Lipinski definition) is 2. The summed E-state index contributed by atoms with van der Waals surface area (Å²) in [5, 5.41) is 22.7. The first kappa shape index (κ1) is 27.2. The number of epoxide rings is 1. The first-order valence-corrected chi connectivity index (χ1v) is 13.8. The Hall–Kier alpha value is -1.87. The number of rotatable bonds is 1. The Morgan fingerprint density at radius 3 is 2.58 bits per heavy atom. The van der Waals surface area contributed by atoms with Crippen LogP contribution in [0.25, 0.3) is 10.2 Å². The number of nitrogens with zero attached hydrogens (tertiary/aromatic N) is 1. The van der Waals surface area contributed by atoms with E-state index in [0.717, 1.165) is 40.1 Å². The van der Waals surface area contributed by atoms with E-state index in [2.05, 4.69) is 11.9 Å². The highest BCUT2D eigenvalue weighted by Crippen LogP contribution is 2.47. The number of aliphatic hydroxyl groups is 2. The molecular formula is C28H39NO6S. The van der Waals surface area contributed by atoms with E-state index < -0.39 is 35.6 Å². The summed E-state index contributed by atoms with van der Waals surface area (Å²) >= 11 is 1.62. The fourth-order valence-electron chi connectivity index (χ4n) is 5.48. The lowest BCUT2D eigenvalue weighted by molar-refractivity contribution is -0.156. The van der Waals surface area contributed by atoms with Crippen LogP contribution in [-0.2, 0) is 19.1 Å². The molecule has 8 heteroatoms. The minimum atomic E-state index is -1.23. The number of thiazole rings is 1. The molecule has 2 fully saturated rings. The van der Waals surface area contributed by atoms with Crippen molar-refractivity contribution in [1.82, 2.24) is 4.98 Å². The standard InChI is InChI=1S/C28H39NO6S/c1-15-8-7-11-28(6)23(35-28)13-20(18-9-10-21-19(12-18)29-17(3)36-21)34-24(31)14-22(30)27(4,5)26(33)16(2)25(15)32/h9-10,12,15-16,20,22-23,25,30,32H,7-8,11,13-14H2,1-6H3/t15?,16?,20-,22?,23-,25-,28+/m0/s1. The molecule has 36 heavy (non-hydrogen) atoms. The molecule has 0 amide bonds. The average Bonchev–Trinajstić information content (AvgIpc) is 3.28. The van der Waals surface area contributed by atoms with Gasteiger partial charge in [0.25, 0.3) is 0 Å². The maximum absolute atomic E-state index is 13.3. The molecule has 0 saturated carbocycles. The van der Waals surface area contributed by atoms with E-state index in [9.17, 15) is 19.8 Å². The van der Waals surface area contributed by atoms with Crippen molar-refractivity contribution in [1.29, 1.82) is 0 Å². The van der Waals surface area contributed by atoms with E-state index in [4.69, 9.17) is 9.47 Å². The number of ketones is 1. The topological polar surface area (TPSA) is 109 Å². The van der Waals surface area contributed by atoms with Crippen molar-refractivity contribution < 1.29 is 29.3 Å². The van der Waals surface area contributed by atoms with Gasteiger partial charge >= 0.3 is 5.97 Å². The van der Waals surface area contributed by atoms with Crippen molar-refractivity contribution in [2.45, 2.75) is 104 Å². The van der Waals surface area contributed by atoms with Crippen LogP contribution in [0.15, 0.2) is 18.2 Å². The van der Waals surface area contributed by atoms with E-state index >= 15 is 0 Å². The minimum absolute atomic E-state index is 0.0573.